The lowest BCUT2D eigenvalue weighted by Crippen LogP contribution is -2.30. The highest BCUT2D eigenvalue weighted by Crippen LogP contribution is 2.26. The van der Waals surface area contributed by atoms with E-state index >= 15 is 0 Å². The molecule has 31 heavy (non-hydrogen) atoms. The number of carbonyl (C=O) groups excluding carboxylic acids is 2. The number of aromatic nitrogens is 2. The van der Waals surface area contributed by atoms with Gasteiger partial charge in [0.1, 0.15) is 0 Å². The summed E-state index contributed by atoms with van der Waals surface area (Å²) in [7, 11) is 2.93. The molecular weight excluding hydrogens is 400 g/mol. The van der Waals surface area contributed by atoms with Crippen molar-refractivity contribution >= 4 is 17.6 Å². The van der Waals surface area contributed by atoms with Crippen LogP contribution in [-0.4, -0.2) is 52.2 Å². The Balaban J connectivity index is 1.90. The smallest absolute Gasteiger partial charge is 0.307 e. The molecule has 0 radical (unpaired) electrons. The molecule has 1 heterocycles. The minimum absolute atomic E-state index is 0.0218. The summed E-state index contributed by atoms with van der Waals surface area (Å²) in [4.78, 5) is 36.0. The molecule has 1 amide bonds. The van der Waals surface area contributed by atoms with E-state index in [1.807, 2.05) is 30.3 Å². The van der Waals surface area contributed by atoms with Crippen LogP contribution in [0, 0.1) is 10.1 Å². The fraction of sp³-hybridized carbons (Fsp3) is 0.227. The van der Waals surface area contributed by atoms with E-state index < -0.39 is 4.92 Å². The molecule has 0 atom stereocenters. The van der Waals surface area contributed by atoms with Gasteiger partial charge in [0.15, 0.2) is 0 Å². The first-order chi connectivity index (χ1) is 14.9. The number of benzene rings is 2. The zero-order chi connectivity index (χ0) is 22.4. The van der Waals surface area contributed by atoms with Crippen LogP contribution in [0.2, 0.25) is 0 Å². The van der Waals surface area contributed by atoms with Gasteiger partial charge in [-0.3, -0.25) is 19.7 Å². The lowest BCUT2D eigenvalue weighted by Gasteiger charge is -2.16. The van der Waals surface area contributed by atoms with Gasteiger partial charge in [0.05, 0.1) is 36.3 Å². The minimum Gasteiger partial charge on any atom is -0.469 e. The lowest BCUT2D eigenvalue weighted by molar-refractivity contribution is -0.384. The highest BCUT2D eigenvalue weighted by atomic mass is 16.6. The van der Waals surface area contributed by atoms with E-state index in [-0.39, 0.29) is 37.0 Å². The fourth-order valence-electron chi connectivity index (χ4n) is 3.02. The molecule has 0 saturated carbocycles. The summed E-state index contributed by atoms with van der Waals surface area (Å²) < 4.78 is 6.29. The number of esters is 1. The molecule has 0 bridgehead atoms. The molecule has 3 rings (SSSR count). The van der Waals surface area contributed by atoms with E-state index in [1.54, 1.807) is 30.1 Å². The van der Waals surface area contributed by atoms with Gasteiger partial charge < -0.3 is 9.64 Å². The lowest BCUT2D eigenvalue weighted by atomic mass is 10.1. The zero-order valence-corrected chi connectivity index (χ0v) is 17.2. The van der Waals surface area contributed by atoms with E-state index in [0.29, 0.717) is 16.8 Å². The summed E-state index contributed by atoms with van der Waals surface area (Å²) in [6.07, 6.45) is 1.95. The summed E-state index contributed by atoms with van der Waals surface area (Å²) in [5.74, 6) is -0.567. The van der Waals surface area contributed by atoms with Crippen molar-refractivity contribution in [2.45, 2.75) is 12.8 Å². The van der Waals surface area contributed by atoms with Gasteiger partial charge in [-0.25, -0.2) is 4.68 Å². The third-order valence-corrected chi connectivity index (χ3v) is 4.81. The van der Waals surface area contributed by atoms with Crippen molar-refractivity contribution in [1.29, 1.82) is 0 Å². The molecule has 1 aromatic heterocycles. The SMILES string of the molecule is COC(=O)CCN(C)C(=O)Cc1cn(-c2ccccc2)nc1-c1ccc([N+](=O)[O-])cc1. The maximum absolute atomic E-state index is 12.7. The average molecular weight is 422 g/mol. The second kappa shape index (κ2) is 9.66. The summed E-state index contributed by atoms with van der Waals surface area (Å²) >= 11 is 0. The van der Waals surface area contributed by atoms with E-state index in [9.17, 15) is 19.7 Å². The quantitative estimate of drug-likeness (QED) is 0.314. The number of carbonyl (C=O) groups is 2. The summed E-state index contributed by atoms with van der Waals surface area (Å²) in [5.41, 5.74) is 2.70. The molecule has 0 unspecified atom stereocenters. The van der Waals surface area contributed by atoms with Gasteiger partial charge in [0.25, 0.3) is 5.69 Å². The molecule has 9 nitrogen and oxygen atoms in total. The molecule has 0 aliphatic heterocycles. The van der Waals surface area contributed by atoms with Crippen molar-refractivity contribution in [3.05, 3.63) is 76.5 Å². The average Bonchev–Trinajstić information content (AvgIpc) is 3.21. The standard InChI is InChI=1S/C22H22N4O5/c1-24(13-12-21(28)31-2)20(27)14-17-15-25(18-6-4-3-5-7-18)23-22(17)16-8-10-19(11-9-16)26(29)30/h3-11,15H,12-14H2,1-2H3. The molecular formula is C22H22N4O5. The number of hydrogen-bond donors (Lipinski definition) is 0. The Morgan fingerprint density at radius 3 is 2.42 bits per heavy atom. The van der Waals surface area contributed by atoms with Crippen LogP contribution in [0.25, 0.3) is 16.9 Å². The molecule has 0 fully saturated rings. The second-order valence-corrected chi connectivity index (χ2v) is 6.91. The Kier molecular flexibility index (Phi) is 6.76. The fourth-order valence-corrected chi connectivity index (χ4v) is 3.02. The van der Waals surface area contributed by atoms with Crippen molar-refractivity contribution in [3.8, 4) is 16.9 Å². The number of nitro benzene ring substituents is 1. The molecule has 9 heteroatoms. The molecule has 3 aromatic rings. The number of hydrogen-bond acceptors (Lipinski definition) is 6. The van der Waals surface area contributed by atoms with Crippen molar-refractivity contribution in [3.63, 3.8) is 0 Å². The maximum atomic E-state index is 12.7. The zero-order valence-electron chi connectivity index (χ0n) is 17.2. The van der Waals surface area contributed by atoms with Crippen molar-refractivity contribution in [2.75, 3.05) is 20.7 Å². The number of likely N-dealkylation sites (N-methyl/N-ethyl adjacent to an activating group) is 1. The first-order valence-electron chi connectivity index (χ1n) is 9.58. The summed E-state index contributed by atoms with van der Waals surface area (Å²) in [6.45, 7) is 0.241. The van der Waals surface area contributed by atoms with E-state index in [4.69, 9.17) is 0 Å². The van der Waals surface area contributed by atoms with Gasteiger partial charge in [0, 0.05) is 43.0 Å². The molecule has 0 aliphatic rings. The number of rotatable bonds is 8. The number of methoxy groups -OCH3 is 1. The Morgan fingerprint density at radius 2 is 1.81 bits per heavy atom. The third kappa shape index (κ3) is 5.33. The minimum atomic E-state index is -0.465. The van der Waals surface area contributed by atoms with Crippen molar-refractivity contribution < 1.29 is 19.2 Å². The van der Waals surface area contributed by atoms with E-state index in [1.165, 1.54) is 24.1 Å². The van der Waals surface area contributed by atoms with Crippen LogP contribution in [0.3, 0.4) is 0 Å². The van der Waals surface area contributed by atoms with Gasteiger partial charge in [0.2, 0.25) is 5.91 Å². The Bertz CT molecular complexity index is 1080. The molecule has 0 saturated heterocycles. The Morgan fingerprint density at radius 1 is 1.13 bits per heavy atom. The highest BCUT2D eigenvalue weighted by molar-refractivity contribution is 5.81. The van der Waals surface area contributed by atoms with Crippen molar-refractivity contribution in [1.82, 2.24) is 14.7 Å². The van der Waals surface area contributed by atoms with Crippen LogP contribution in [-0.2, 0) is 20.7 Å². The van der Waals surface area contributed by atoms with Crippen LogP contribution < -0.4 is 0 Å². The van der Waals surface area contributed by atoms with Crippen molar-refractivity contribution in [2.24, 2.45) is 0 Å². The van der Waals surface area contributed by atoms with Crippen LogP contribution in [0.1, 0.15) is 12.0 Å². The largest absolute Gasteiger partial charge is 0.469 e. The number of ether oxygens (including phenoxy) is 1. The first-order valence-corrected chi connectivity index (χ1v) is 9.58. The van der Waals surface area contributed by atoms with Gasteiger partial charge >= 0.3 is 5.97 Å². The van der Waals surface area contributed by atoms with Gasteiger partial charge in [-0.2, -0.15) is 5.10 Å². The van der Waals surface area contributed by atoms with Gasteiger partial charge in [-0.15, -0.1) is 0 Å². The molecule has 2 aromatic carbocycles. The summed E-state index contributed by atoms with van der Waals surface area (Å²) in [5, 5.41) is 15.6. The molecule has 0 aliphatic carbocycles. The van der Waals surface area contributed by atoms with E-state index in [0.717, 1.165) is 5.69 Å². The highest BCUT2D eigenvalue weighted by Gasteiger charge is 2.19. The molecule has 160 valence electrons. The number of nitrogens with zero attached hydrogens (tertiary/aromatic N) is 4. The molecule has 0 spiro atoms. The van der Waals surface area contributed by atoms with Gasteiger partial charge in [-0.1, -0.05) is 18.2 Å². The first kappa shape index (κ1) is 21.7. The number of amides is 1. The predicted molar refractivity (Wildman–Crippen MR) is 114 cm³/mol. The number of non-ortho nitro benzene ring substituents is 1. The normalized spacial score (nSPS) is 10.5. The van der Waals surface area contributed by atoms with E-state index in [2.05, 4.69) is 9.84 Å². The van der Waals surface area contributed by atoms with Gasteiger partial charge in [-0.05, 0) is 24.3 Å². The predicted octanol–water partition coefficient (Wildman–Crippen LogP) is 3.01. The van der Waals surface area contributed by atoms with Crippen LogP contribution in [0.4, 0.5) is 5.69 Å². The number of nitro groups is 1. The van der Waals surface area contributed by atoms with Crippen LogP contribution >= 0.6 is 0 Å². The summed E-state index contributed by atoms with van der Waals surface area (Å²) in [6, 6.07) is 15.5. The molecule has 0 N–H and O–H groups in total. The maximum Gasteiger partial charge on any atom is 0.307 e. The Labute approximate surface area is 179 Å². The second-order valence-electron chi connectivity index (χ2n) is 6.91. The third-order valence-electron chi connectivity index (χ3n) is 4.81. The monoisotopic (exact) mass is 422 g/mol. The Hall–Kier alpha value is -4.01. The van der Waals surface area contributed by atoms with Crippen LogP contribution in [0.5, 0.6) is 0 Å². The van der Waals surface area contributed by atoms with Crippen LogP contribution in [0.15, 0.2) is 60.8 Å². The number of para-hydroxylation sites is 1. The topological polar surface area (TPSA) is 108 Å².